The Balaban J connectivity index is 1.67. The molecule has 1 aliphatic carbocycles. The number of hydrogen-bond donors (Lipinski definition) is 2. The summed E-state index contributed by atoms with van der Waals surface area (Å²) in [5.74, 6) is -1.12. The van der Waals surface area contributed by atoms with Gasteiger partial charge in [-0.1, -0.05) is 49.1 Å². The van der Waals surface area contributed by atoms with Crippen LogP contribution in [0.15, 0.2) is 42.5 Å². The van der Waals surface area contributed by atoms with Crippen LogP contribution in [-0.2, 0) is 11.2 Å². The molecule has 0 radical (unpaired) electrons. The van der Waals surface area contributed by atoms with E-state index in [2.05, 4.69) is 10.6 Å². The van der Waals surface area contributed by atoms with Gasteiger partial charge in [-0.2, -0.15) is 0 Å². The van der Waals surface area contributed by atoms with E-state index in [0.29, 0.717) is 11.3 Å². The van der Waals surface area contributed by atoms with Crippen molar-refractivity contribution in [1.29, 1.82) is 0 Å². The Morgan fingerprint density at radius 2 is 1.81 bits per heavy atom. The molecule has 142 valence electrons. The van der Waals surface area contributed by atoms with Crippen LogP contribution >= 0.6 is 11.6 Å². The van der Waals surface area contributed by atoms with E-state index in [4.69, 9.17) is 11.6 Å². The Kier molecular flexibility index (Phi) is 6.45. The predicted molar refractivity (Wildman–Crippen MR) is 105 cm³/mol. The smallest absolute Gasteiger partial charge is 0.253 e. The number of halogens is 2. The molecule has 0 atom stereocenters. The molecule has 1 fully saturated rings. The SMILES string of the molecule is O=C(Cc1ccc(Cl)cc1F)Nc1ccccc1C(=O)NC1CCCCC1. The summed E-state index contributed by atoms with van der Waals surface area (Å²) in [6.45, 7) is 0. The van der Waals surface area contributed by atoms with Crippen LogP contribution < -0.4 is 10.6 Å². The fraction of sp³-hybridized carbons (Fsp3) is 0.333. The van der Waals surface area contributed by atoms with Gasteiger partial charge in [0, 0.05) is 11.1 Å². The van der Waals surface area contributed by atoms with Crippen molar-refractivity contribution in [2.75, 3.05) is 5.32 Å². The van der Waals surface area contributed by atoms with Crippen LogP contribution in [-0.4, -0.2) is 17.9 Å². The Hall–Kier alpha value is -2.40. The Bertz CT molecular complexity index is 835. The number of carbonyl (C=O) groups is 2. The van der Waals surface area contributed by atoms with E-state index in [1.807, 2.05) is 0 Å². The lowest BCUT2D eigenvalue weighted by Gasteiger charge is -2.23. The summed E-state index contributed by atoms with van der Waals surface area (Å²) < 4.78 is 13.9. The van der Waals surface area contributed by atoms with Crippen molar-refractivity contribution in [1.82, 2.24) is 5.32 Å². The van der Waals surface area contributed by atoms with Crippen LogP contribution in [0.2, 0.25) is 5.02 Å². The molecule has 1 saturated carbocycles. The van der Waals surface area contributed by atoms with Gasteiger partial charge in [-0.25, -0.2) is 4.39 Å². The van der Waals surface area contributed by atoms with Crippen molar-refractivity contribution in [3.8, 4) is 0 Å². The molecule has 2 aromatic rings. The average molecular weight is 389 g/mol. The maximum Gasteiger partial charge on any atom is 0.253 e. The zero-order valence-electron chi connectivity index (χ0n) is 14.9. The minimum Gasteiger partial charge on any atom is -0.349 e. The minimum atomic E-state index is -0.527. The Labute approximate surface area is 163 Å². The summed E-state index contributed by atoms with van der Waals surface area (Å²) in [6.07, 6.45) is 5.28. The second-order valence-corrected chi connectivity index (χ2v) is 7.25. The Morgan fingerprint density at radius 3 is 2.56 bits per heavy atom. The zero-order chi connectivity index (χ0) is 19.2. The molecule has 0 bridgehead atoms. The molecule has 2 N–H and O–H groups in total. The fourth-order valence-electron chi connectivity index (χ4n) is 3.33. The predicted octanol–water partition coefficient (Wildman–Crippen LogP) is 4.72. The molecular formula is C21H22ClFN2O2. The maximum atomic E-state index is 13.9. The van der Waals surface area contributed by atoms with Crippen LogP contribution in [0.3, 0.4) is 0 Å². The van der Waals surface area contributed by atoms with Crippen LogP contribution in [0, 0.1) is 5.82 Å². The lowest BCUT2D eigenvalue weighted by atomic mass is 9.95. The lowest BCUT2D eigenvalue weighted by Crippen LogP contribution is -2.36. The lowest BCUT2D eigenvalue weighted by molar-refractivity contribution is -0.115. The number of para-hydroxylation sites is 1. The number of carbonyl (C=O) groups excluding carboxylic acids is 2. The first kappa shape index (κ1) is 19.4. The van der Waals surface area contributed by atoms with E-state index in [0.717, 1.165) is 25.7 Å². The number of anilines is 1. The molecule has 3 rings (SSSR count). The molecule has 0 unspecified atom stereocenters. The number of amides is 2. The van der Waals surface area contributed by atoms with Crippen molar-refractivity contribution in [3.63, 3.8) is 0 Å². The molecule has 0 aromatic heterocycles. The molecule has 0 spiro atoms. The van der Waals surface area contributed by atoms with Crippen molar-refractivity contribution in [3.05, 3.63) is 64.4 Å². The van der Waals surface area contributed by atoms with Crippen molar-refractivity contribution >= 4 is 29.1 Å². The highest BCUT2D eigenvalue weighted by atomic mass is 35.5. The van der Waals surface area contributed by atoms with Gasteiger partial charge < -0.3 is 10.6 Å². The van der Waals surface area contributed by atoms with Crippen LogP contribution in [0.5, 0.6) is 0 Å². The maximum absolute atomic E-state index is 13.9. The standard InChI is InChI=1S/C21H22ClFN2O2/c22-15-11-10-14(18(23)13-15)12-20(26)25-19-9-5-4-8-17(19)21(27)24-16-6-2-1-3-7-16/h4-5,8-11,13,16H,1-3,6-7,12H2,(H,24,27)(H,25,26). The van der Waals surface area contributed by atoms with Crippen LogP contribution in [0.4, 0.5) is 10.1 Å². The number of benzene rings is 2. The van der Waals surface area contributed by atoms with E-state index in [1.165, 1.54) is 18.6 Å². The fourth-order valence-corrected chi connectivity index (χ4v) is 3.49. The van der Waals surface area contributed by atoms with Gasteiger partial charge in [0.15, 0.2) is 0 Å². The van der Waals surface area contributed by atoms with Crippen molar-refractivity contribution in [2.24, 2.45) is 0 Å². The monoisotopic (exact) mass is 388 g/mol. The first-order chi connectivity index (χ1) is 13.0. The minimum absolute atomic E-state index is 0.137. The van der Waals surface area contributed by atoms with Gasteiger partial charge in [0.1, 0.15) is 5.82 Å². The van der Waals surface area contributed by atoms with Crippen molar-refractivity contribution in [2.45, 2.75) is 44.6 Å². The molecule has 2 aromatic carbocycles. The van der Waals surface area contributed by atoms with Gasteiger partial charge in [0.2, 0.25) is 5.91 Å². The molecule has 6 heteroatoms. The van der Waals surface area contributed by atoms with Crippen LogP contribution in [0.1, 0.15) is 48.0 Å². The molecule has 1 aliphatic rings. The molecule has 0 heterocycles. The van der Waals surface area contributed by atoms with E-state index < -0.39 is 11.7 Å². The van der Waals surface area contributed by atoms with Gasteiger partial charge in [-0.05, 0) is 42.7 Å². The van der Waals surface area contributed by atoms with E-state index in [-0.39, 0.29) is 29.0 Å². The molecule has 2 amide bonds. The highest BCUT2D eigenvalue weighted by Gasteiger charge is 2.19. The van der Waals surface area contributed by atoms with Gasteiger partial charge >= 0.3 is 0 Å². The summed E-state index contributed by atoms with van der Waals surface area (Å²) in [5, 5.41) is 6.05. The summed E-state index contributed by atoms with van der Waals surface area (Å²) in [5.41, 5.74) is 1.08. The number of rotatable bonds is 5. The number of nitrogens with one attached hydrogen (secondary N) is 2. The molecular weight excluding hydrogens is 367 g/mol. The van der Waals surface area contributed by atoms with E-state index in [9.17, 15) is 14.0 Å². The highest BCUT2D eigenvalue weighted by molar-refractivity contribution is 6.30. The third-order valence-electron chi connectivity index (χ3n) is 4.75. The van der Waals surface area contributed by atoms with Gasteiger partial charge in [0.05, 0.1) is 17.7 Å². The van der Waals surface area contributed by atoms with Crippen molar-refractivity contribution < 1.29 is 14.0 Å². The van der Waals surface area contributed by atoms with Gasteiger partial charge in [0.25, 0.3) is 5.91 Å². The molecule has 27 heavy (non-hydrogen) atoms. The molecule has 4 nitrogen and oxygen atoms in total. The Morgan fingerprint density at radius 1 is 1.07 bits per heavy atom. The zero-order valence-corrected chi connectivity index (χ0v) is 15.7. The quantitative estimate of drug-likeness (QED) is 0.778. The van der Waals surface area contributed by atoms with Gasteiger partial charge in [-0.3, -0.25) is 9.59 Å². The third kappa shape index (κ3) is 5.30. The summed E-state index contributed by atoms with van der Waals surface area (Å²) in [4.78, 5) is 25.0. The summed E-state index contributed by atoms with van der Waals surface area (Å²) in [7, 11) is 0. The van der Waals surface area contributed by atoms with E-state index in [1.54, 1.807) is 30.3 Å². The second kappa shape index (κ2) is 9.00. The highest BCUT2D eigenvalue weighted by Crippen LogP contribution is 2.21. The normalized spacial score (nSPS) is 14.6. The first-order valence-electron chi connectivity index (χ1n) is 9.16. The topological polar surface area (TPSA) is 58.2 Å². The van der Waals surface area contributed by atoms with Crippen LogP contribution in [0.25, 0.3) is 0 Å². The first-order valence-corrected chi connectivity index (χ1v) is 9.54. The van der Waals surface area contributed by atoms with Gasteiger partial charge in [-0.15, -0.1) is 0 Å². The molecule has 0 saturated heterocycles. The molecule has 0 aliphatic heterocycles. The summed E-state index contributed by atoms with van der Waals surface area (Å²) in [6, 6.07) is 11.2. The number of hydrogen-bond acceptors (Lipinski definition) is 2. The average Bonchev–Trinajstić information content (AvgIpc) is 2.65. The summed E-state index contributed by atoms with van der Waals surface area (Å²) >= 11 is 5.73. The second-order valence-electron chi connectivity index (χ2n) is 6.81. The third-order valence-corrected chi connectivity index (χ3v) is 4.99. The largest absolute Gasteiger partial charge is 0.349 e. The van der Waals surface area contributed by atoms with E-state index >= 15 is 0 Å².